The van der Waals surface area contributed by atoms with Crippen LogP contribution in [-0.4, -0.2) is 53.4 Å². The first-order chi connectivity index (χ1) is 12.2. The molecule has 0 fully saturated rings. The number of rotatable bonds is 2. The van der Waals surface area contributed by atoms with Crippen LogP contribution in [0.25, 0.3) is 0 Å². The molecule has 0 aromatic carbocycles. The van der Waals surface area contributed by atoms with Crippen molar-refractivity contribution in [2.24, 2.45) is 0 Å². The lowest BCUT2D eigenvalue weighted by atomic mass is 10.3. The van der Waals surface area contributed by atoms with Crippen LogP contribution in [0.2, 0.25) is 0 Å². The monoisotopic (exact) mass is 363 g/mol. The number of esters is 1. The summed E-state index contributed by atoms with van der Waals surface area (Å²) in [6.07, 6.45) is 0.756. The number of amides is 1. The van der Waals surface area contributed by atoms with Gasteiger partial charge in [0.2, 0.25) is 0 Å². The molecule has 2 aliphatic rings. The molecule has 9 heteroatoms. The molecular formula is C16H17N3O5S. The van der Waals surface area contributed by atoms with Crippen LogP contribution in [0, 0.1) is 0 Å². The van der Waals surface area contributed by atoms with E-state index in [1.54, 1.807) is 21.0 Å². The van der Waals surface area contributed by atoms with Crippen LogP contribution < -0.4 is 9.47 Å². The first kappa shape index (κ1) is 15.9. The van der Waals surface area contributed by atoms with Gasteiger partial charge >= 0.3 is 5.97 Å². The second-order valence-electron chi connectivity index (χ2n) is 5.77. The van der Waals surface area contributed by atoms with Gasteiger partial charge in [0.05, 0.1) is 19.3 Å². The molecule has 0 atom stereocenters. The molecule has 0 bridgehead atoms. The fourth-order valence-corrected chi connectivity index (χ4v) is 3.89. The molecule has 132 valence electrons. The minimum absolute atomic E-state index is 0.0916. The highest BCUT2D eigenvalue weighted by molar-refractivity contribution is 7.12. The third kappa shape index (κ3) is 2.84. The van der Waals surface area contributed by atoms with E-state index in [1.165, 1.54) is 18.4 Å². The minimum Gasteiger partial charge on any atom is -0.485 e. The normalized spacial score (nSPS) is 16.1. The summed E-state index contributed by atoms with van der Waals surface area (Å²) in [5, 5.41) is 6.08. The van der Waals surface area contributed by atoms with Crippen molar-refractivity contribution in [3.63, 3.8) is 0 Å². The summed E-state index contributed by atoms with van der Waals surface area (Å²) >= 11 is 1.33. The Morgan fingerprint density at radius 1 is 1.28 bits per heavy atom. The number of hydrogen-bond donors (Lipinski definition) is 0. The van der Waals surface area contributed by atoms with Gasteiger partial charge in [0, 0.05) is 18.5 Å². The van der Waals surface area contributed by atoms with Gasteiger partial charge in [0.1, 0.15) is 18.1 Å². The number of methoxy groups -OCH3 is 1. The van der Waals surface area contributed by atoms with Gasteiger partial charge < -0.3 is 19.1 Å². The maximum Gasteiger partial charge on any atom is 0.358 e. The number of thiophene rings is 1. The molecule has 0 aliphatic carbocycles. The van der Waals surface area contributed by atoms with E-state index in [-0.39, 0.29) is 11.6 Å². The van der Waals surface area contributed by atoms with Crippen LogP contribution in [0.3, 0.4) is 0 Å². The SMILES string of the molecule is COC(=O)c1cc2n(n1)CCCN(C(=O)c1scc3c1OCCO3)C2. The largest absolute Gasteiger partial charge is 0.485 e. The summed E-state index contributed by atoms with van der Waals surface area (Å²) in [6, 6.07) is 1.68. The van der Waals surface area contributed by atoms with Gasteiger partial charge in [-0.2, -0.15) is 5.10 Å². The van der Waals surface area contributed by atoms with Crippen molar-refractivity contribution < 1.29 is 23.8 Å². The standard InChI is InChI=1S/C16H17N3O5S/c1-22-16(21)11-7-10-8-18(3-2-4-19(10)17-11)15(20)14-13-12(9-25-14)23-5-6-24-13/h7,9H,2-6,8H2,1H3. The third-order valence-corrected chi connectivity index (χ3v) is 5.12. The maximum absolute atomic E-state index is 13.0. The Balaban J connectivity index is 1.59. The molecule has 0 saturated heterocycles. The van der Waals surface area contributed by atoms with Gasteiger partial charge in [-0.15, -0.1) is 11.3 Å². The Kier molecular flexibility index (Phi) is 4.08. The van der Waals surface area contributed by atoms with Gasteiger partial charge in [0.25, 0.3) is 5.91 Å². The molecule has 0 N–H and O–H groups in total. The number of fused-ring (bicyclic) bond motifs is 2. The molecule has 0 spiro atoms. The van der Waals surface area contributed by atoms with E-state index < -0.39 is 5.97 Å². The number of nitrogens with zero attached hydrogens (tertiary/aromatic N) is 3. The zero-order chi connectivity index (χ0) is 17.4. The average Bonchev–Trinajstić information content (AvgIpc) is 3.19. The van der Waals surface area contributed by atoms with Crippen LogP contribution >= 0.6 is 11.3 Å². The zero-order valence-electron chi connectivity index (χ0n) is 13.7. The molecule has 8 nitrogen and oxygen atoms in total. The van der Waals surface area contributed by atoms with Crippen molar-refractivity contribution in [3.05, 3.63) is 27.7 Å². The molecule has 2 aliphatic heterocycles. The van der Waals surface area contributed by atoms with Crippen molar-refractivity contribution in [2.45, 2.75) is 19.5 Å². The summed E-state index contributed by atoms with van der Waals surface area (Å²) in [6.45, 7) is 2.59. The van der Waals surface area contributed by atoms with E-state index in [9.17, 15) is 9.59 Å². The smallest absolute Gasteiger partial charge is 0.358 e. The molecular weight excluding hydrogens is 346 g/mol. The van der Waals surface area contributed by atoms with E-state index in [4.69, 9.17) is 14.2 Å². The number of ether oxygens (including phenoxy) is 3. The summed E-state index contributed by atoms with van der Waals surface area (Å²) < 4.78 is 17.6. The lowest BCUT2D eigenvalue weighted by Gasteiger charge is -2.21. The van der Waals surface area contributed by atoms with Crippen LogP contribution in [0.15, 0.2) is 11.4 Å². The second-order valence-corrected chi connectivity index (χ2v) is 6.65. The molecule has 0 radical (unpaired) electrons. The van der Waals surface area contributed by atoms with E-state index in [0.29, 0.717) is 49.2 Å². The Labute approximate surface area is 147 Å². The highest BCUT2D eigenvalue weighted by atomic mass is 32.1. The molecule has 2 aromatic rings. The summed E-state index contributed by atoms with van der Waals surface area (Å²) in [4.78, 5) is 27.0. The van der Waals surface area contributed by atoms with Gasteiger partial charge in [-0.25, -0.2) is 4.79 Å². The quantitative estimate of drug-likeness (QED) is 0.753. The Morgan fingerprint density at radius 2 is 2.12 bits per heavy atom. The number of carbonyl (C=O) groups excluding carboxylic acids is 2. The lowest BCUT2D eigenvalue weighted by Crippen LogP contribution is -2.30. The molecule has 1 amide bonds. The van der Waals surface area contributed by atoms with Crippen molar-refractivity contribution >= 4 is 23.2 Å². The first-order valence-corrected chi connectivity index (χ1v) is 8.86. The van der Waals surface area contributed by atoms with Crippen LogP contribution in [0.4, 0.5) is 0 Å². The van der Waals surface area contributed by atoms with Crippen molar-refractivity contribution in [3.8, 4) is 11.5 Å². The number of aryl methyl sites for hydroxylation is 1. The molecule has 0 unspecified atom stereocenters. The van der Waals surface area contributed by atoms with Crippen molar-refractivity contribution in [1.29, 1.82) is 0 Å². The van der Waals surface area contributed by atoms with Crippen molar-refractivity contribution in [2.75, 3.05) is 26.9 Å². The van der Waals surface area contributed by atoms with E-state index >= 15 is 0 Å². The third-order valence-electron chi connectivity index (χ3n) is 4.19. The number of carbonyl (C=O) groups is 2. The van der Waals surface area contributed by atoms with Crippen LogP contribution in [0.1, 0.15) is 32.3 Å². The topological polar surface area (TPSA) is 82.9 Å². The van der Waals surface area contributed by atoms with Gasteiger partial charge in [-0.1, -0.05) is 0 Å². The van der Waals surface area contributed by atoms with Crippen LogP contribution in [-0.2, 0) is 17.8 Å². The van der Waals surface area contributed by atoms with Crippen molar-refractivity contribution in [1.82, 2.24) is 14.7 Å². The Hall–Kier alpha value is -2.55. The Bertz CT molecular complexity index is 828. The Morgan fingerprint density at radius 3 is 2.96 bits per heavy atom. The fraction of sp³-hybridized carbons (Fsp3) is 0.438. The van der Waals surface area contributed by atoms with Crippen LogP contribution in [0.5, 0.6) is 11.5 Å². The second kappa shape index (κ2) is 6.40. The predicted molar refractivity (Wildman–Crippen MR) is 88.2 cm³/mol. The molecule has 4 rings (SSSR count). The predicted octanol–water partition coefficient (Wildman–Crippen LogP) is 1.55. The molecule has 0 saturated carbocycles. The number of hydrogen-bond acceptors (Lipinski definition) is 7. The van der Waals surface area contributed by atoms with E-state index in [2.05, 4.69) is 5.10 Å². The number of aromatic nitrogens is 2. The van der Waals surface area contributed by atoms with Gasteiger partial charge in [-0.3, -0.25) is 9.48 Å². The lowest BCUT2D eigenvalue weighted by molar-refractivity contribution is 0.0593. The zero-order valence-corrected chi connectivity index (χ0v) is 14.5. The van der Waals surface area contributed by atoms with E-state index in [0.717, 1.165) is 12.1 Å². The van der Waals surface area contributed by atoms with Gasteiger partial charge in [0.15, 0.2) is 17.2 Å². The molecule has 25 heavy (non-hydrogen) atoms. The molecule has 2 aromatic heterocycles. The maximum atomic E-state index is 13.0. The highest BCUT2D eigenvalue weighted by Gasteiger charge is 2.29. The highest BCUT2D eigenvalue weighted by Crippen LogP contribution is 2.40. The summed E-state index contributed by atoms with van der Waals surface area (Å²) in [5.74, 6) is 0.601. The average molecular weight is 363 g/mol. The summed E-state index contributed by atoms with van der Waals surface area (Å²) in [5.41, 5.74) is 1.07. The van der Waals surface area contributed by atoms with Gasteiger partial charge in [-0.05, 0) is 12.5 Å². The first-order valence-electron chi connectivity index (χ1n) is 7.99. The fourth-order valence-electron chi connectivity index (χ4n) is 2.99. The van der Waals surface area contributed by atoms with E-state index in [1.807, 2.05) is 0 Å². The minimum atomic E-state index is -0.476. The summed E-state index contributed by atoms with van der Waals surface area (Å²) in [7, 11) is 1.32. The molecule has 4 heterocycles.